The summed E-state index contributed by atoms with van der Waals surface area (Å²) in [7, 11) is 0. The fraction of sp³-hybridized carbons (Fsp3) is 0.455. The van der Waals surface area contributed by atoms with Crippen LogP contribution in [0.3, 0.4) is 0 Å². The molecule has 0 radical (unpaired) electrons. The number of carboxylic acid groups (broad SMARTS) is 1. The third-order valence-corrected chi connectivity index (χ3v) is 2.07. The second-order valence-corrected chi connectivity index (χ2v) is 3.79. The van der Waals surface area contributed by atoms with E-state index in [0.29, 0.717) is 0 Å². The van der Waals surface area contributed by atoms with Gasteiger partial charge in [0.2, 0.25) is 0 Å². The maximum absolute atomic E-state index is 11.4. The van der Waals surface area contributed by atoms with Crippen LogP contribution in [0, 0.1) is 6.92 Å². The predicted octanol–water partition coefficient (Wildman–Crippen LogP) is 1.45. The van der Waals surface area contributed by atoms with Crippen LogP contribution in [0.4, 0.5) is 0 Å². The molecule has 1 N–H and O–H groups in total. The zero-order chi connectivity index (χ0) is 12.3. The SMILES string of the molecule is Cc1ccc(C(=O)O)n1CC(=O)OC(C)C. The second kappa shape index (κ2) is 4.83. The summed E-state index contributed by atoms with van der Waals surface area (Å²) in [6.07, 6.45) is -0.198. The first-order chi connectivity index (χ1) is 7.41. The van der Waals surface area contributed by atoms with Gasteiger partial charge < -0.3 is 14.4 Å². The summed E-state index contributed by atoms with van der Waals surface area (Å²) < 4.78 is 6.38. The molecule has 1 aromatic rings. The van der Waals surface area contributed by atoms with Gasteiger partial charge in [-0.05, 0) is 32.9 Å². The monoisotopic (exact) mass is 225 g/mol. The molecule has 0 unspecified atom stereocenters. The van der Waals surface area contributed by atoms with Gasteiger partial charge in [0.25, 0.3) is 0 Å². The van der Waals surface area contributed by atoms with Crippen molar-refractivity contribution in [1.29, 1.82) is 0 Å². The van der Waals surface area contributed by atoms with E-state index in [0.717, 1.165) is 5.69 Å². The molecule has 88 valence electrons. The molecule has 1 heterocycles. The molecule has 0 amide bonds. The highest BCUT2D eigenvalue weighted by atomic mass is 16.5. The zero-order valence-electron chi connectivity index (χ0n) is 9.56. The van der Waals surface area contributed by atoms with Gasteiger partial charge in [0.1, 0.15) is 12.2 Å². The first kappa shape index (κ1) is 12.3. The minimum Gasteiger partial charge on any atom is -0.477 e. The molecule has 0 aliphatic heterocycles. The molecule has 0 aliphatic carbocycles. The van der Waals surface area contributed by atoms with Crippen molar-refractivity contribution in [2.24, 2.45) is 0 Å². The van der Waals surface area contributed by atoms with Gasteiger partial charge in [-0.1, -0.05) is 0 Å². The summed E-state index contributed by atoms with van der Waals surface area (Å²) >= 11 is 0. The Morgan fingerprint density at radius 2 is 2.06 bits per heavy atom. The maximum Gasteiger partial charge on any atom is 0.352 e. The van der Waals surface area contributed by atoms with Crippen LogP contribution in [0.2, 0.25) is 0 Å². The van der Waals surface area contributed by atoms with Crippen molar-refractivity contribution in [1.82, 2.24) is 4.57 Å². The molecule has 0 saturated carbocycles. The van der Waals surface area contributed by atoms with Gasteiger partial charge in [-0.2, -0.15) is 0 Å². The van der Waals surface area contributed by atoms with Crippen molar-refractivity contribution in [2.75, 3.05) is 0 Å². The Labute approximate surface area is 93.6 Å². The van der Waals surface area contributed by atoms with Crippen LogP contribution >= 0.6 is 0 Å². The van der Waals surface area contributed by atoms with Gasteiger partial charge in [0.05, 0.1) is 6.10 Å². The van der Waals surface area contributed by atoms with Crippen LogP contribution in [-0.2, 0) is 16.1 Å². The summed E-state index contributed by atoms with van der Waals surface area (Å²) in [4.78, 5) is 22.3. The number of hydrogen-bond acceptors (Lipinski definition) is 3. The molecule has 5 nitrogen and oxygen atoms in total. The van der Waals surface area contributed by atoms with Gasteiger partial charge in [-0.15, -0.1) is 0 Å². The number of aromatic nitrogens is 1. The largest absolute Gasteiger partial charge is 0.477 e. The number of aromatic carboxylic acids is 1. The summed E-state index contributed by atoms with van der Waals surface area (Å²) in [6.45, 7) is 5.17. The summed E-state index contributed by atoms with van der Waals surface area (Å²) in [5.41, 5.74) is 0.816. The van der Waals surface area contributed by atoms with Crippen molar-refractivity contribution >= 4 is 11.9 Å². The molecule has 0 bridgehead atoms. The van der Waals surface area contributed by atoms with E-state index in [1.54, 1.807) is 26.8 Å². The van der Waals surface area contributed by atoms with Crippen molar-refractivity contribution in [2.45, 2.75) is 33.4 Å². The van der Waals surface area contributed by atoms with Gasteiger partial charge in [-0.3, -0.25) is 4.79 Å². The smallest absolute Gasteiger partial charge is 0.352 e. The number of esters is 1. The topological polar surface area (TPSA) is 68.5 Å². The minimum absolute atomic E-state index is 0.0708. The first-order valence-electron chi connectivity index (χ1n) is 5.00. The number of rotatable bonds is 4. The predicted molar refractivity (Wildman–Crippen MR) is 57.4 cm³/mol. The Balaban J connectivity index is 2.84. The zero-order valence-corrected chi connectivity index (χ0v) is 9.56. The minimum atomic E-state index is -1.05. The number of carboxylic acids is 1. The van der Waals surface area contributed by atoms with Gasteiger partial charge in [0, 0.05) is 5.69 Å². The van der Waals surface area contributed by atoms with E-state index in [9.17, 15) is 9.59 Å². The quantitative estimate of drug-likeness (QED) is 0.787. The third kappa shape index (κ3) is 2.85. The summed E-state index contributed by atoms with van der Waals surface area (Å²) in [6, 6.07) is 3.13. The fourth-order valence-electron chi connectivity index (χ4n) is 1.40. The Morgan fingerprint density at radius 3 is 2.56 bits per heavy atom. The van der Waals surface area contributed by atoms with E-state index in [1.807, 2.05) is 0 Å². The Bertz CT molecular complexity index is 406. The highest BCUT2D eigenvalue weighted by molar-refractivity contribution is 5.86. The number of hydrogen-bond donors (Lipinski definition) is 1. The van der Waals surface area contributed by atoms with Crippen LogP contribution in [-0.4, -0.2) is 27.7 Å². The fourth-order valence-corrected chi connectivity index (χ4v) is 1.40. The average Bonchev–Trinajstić information content (AvgIpc) is 2.46. The Hall–Kier alpha value is -1.78. The van der Waals surface area contributed by atoms with Crippen LogP contribution in [0.15, 0.2) is 12.1 Å². The summed E-state index contributed by atoms with van der Waals surface area (Å²) in [5, 5.41) is 8.90. The number of ether oxygens (including phenoxy) is 1. The van der Waals surface area contributed by atoms with Crippen molar-refractivity contribution in [3.8, 4) is 0 Å². The lowest BCUT2D eigenvalue weighted by molar-refractivity contribution is -0.148. The van der Waals surface area contributed by atoms with Gasteiger partial charge in [0.15, 0.2) is 0 Å². The molecule has 0 atom stereocenters. The standard InChI is InChI=1S/C11H15NO4/c1-7(2)16-10(13)6-12-8(3)4-5-9(12)11(14)15/h4-5,7H,6H2,1-3H3,(H,14,15). The highest BCUT2D eigenvalue weighted by Gasteiger charge is 2.15. The van der Waals surface area contributed by atoms with E-state index in [4.69, 9.17) is 9.84 Å². The molecule has 0 aromatic carbocycles. The van der Waals surface area contributed by atoms with Crippen LogP contribution in [0.25, 0.3) is 0 Å². The molecule has 0 aliphatic rings. The number of aryl methyl sites for hydroxylation is 1. The number of nitrogens with zero attached hydrogens (tertiary/aromatic N) is 1. The van der Waals surface area contributed by atoms with Gasteiger partial charge in [-0.25, -0.2) is 4.79 Å². The van der Waals surface area contributed by atoms with E-state index in [2.05, 4.69) is 0 Å². The molecule has 0 fully saturated rings. The number of carbonyl (C=O) groups excluding carboxylic acids is 1. The molecule has 1 aromatic heterocycles. The van der Waals surface area contributed by atoms with E-state index in [1.165, 1.54) is 10.6 Å². The van der Waals surface area contributed by atoms with Gasteiger partial charge >= 0.3 is 11.9 Å². The number of carbonyl (C=O) groups is 2. The van der Waals surface area contributed by atoms with Crippen LogP contribution in [0.5, 0.6) is 0 Å². The molecule has 5 heteroatoms. The molecular weight excluding hydrogens is 210 g/mol. The molecule has 16 heavy (non-hydrogen) atoms. The lowest BCUT2D eigenvalue weighted by Gasteiger charge is -2.11. The normalized spacial score (nSPS) is 10.5. The van der Waals surface area contributed by atoms with Crippen molar-refractivity contribution in [3.05, 3.63) is 23.5 Å². The molecular formula is C11H15NO4. The van der Waals surface area contributed by atoms with Crippen LogP contribution < -0.4 is 0 Å². The Kier molecular flexibility index (Phi) is 3.71. The molecule has 0 spiro atoms. The highest BCUT2D eigenvalue weighted by Crippen LogP contribution is 2.09. The van der Waals surface area contributed by atoms with Crippen LogP contribution in [0.1, 0.15) is 30.0 Å². The third-order valence-electron chi connectivity index (χ3n) is 2.07. The second-order valence-electron chi connectivity index (χ2n) is 3.79. The maximum atomic E-state index is 11.4. The average molecular weight is 225 g/mol. The lowest BCUT2D eigenvalue weighted by atomic mass is 10.4. The van der Waals surface area contributed by atoms with E-state index < -0.39 is 11.9 Å². The Morgan fingerprint density at radius 1 is 1.44 bits per heavy atom. The summed E-state index contributed by atoms with van der Waals surface area (Å²) in [5.74, 6) is -1.48. The van der Waals surface area contributed by atoms with E-state index in [-0.39, 0.29) is 18.3 Å². The van der Waals surface area contributed by atoms with Crippen molar-refractivity contribution in [3.63, 3.8) is 0 Å². The molecule has 0 saturated heterocycles. The van der Waals surface area contributed by atoms with E-state index >= 15 is 0 Å². The first-order valence-corrected chi connectivity index (χ1v) is 5.00. The van der Waals surface area contributed by atoms with Crippen molar-refractivity contribution < 1.29 is 19.4 Å². The lowest BCUT2D eigenvalue weighted by Crippen LogP contribution is -2.20. The molecule has 1 rings (SSSR count).